The Morgan fingerprint density at radius 1 is 1.08 bits per heavy atom. The highest BCUT2D eigenvalue weighted by Gasteiger charge is 2.35. The number of alkyl halides is 3. The molecule has 9 heteroatoms. The molecule has 2 aromatic rings. The van der Waals surface area contributed by atoms with E-state index in [1.165, 1.54) is 0 Å². The SMILES string of the molecule is Cc1ccccc1NC(=S)N[C@@H](NC(=O)c1ccccc1I)C(Cl)(Cl)Cl. The van der Waals surface area contributed by atoms with Gasteiger partial charge in [-0.3, -0.25) is 4.79 Å². The molecule has 0 fully saturated rings. The maximum absolute atomic E-state index is 12.5. The lowest BCUT2D eigenvalue weighted by atomic mass is 10.2. The fourth-order valence-electron chi connectivity index (χ4n) is 2.06. The number of aryl methyl sites for hydroxylation is 1. The molecule has 1 amide bonds. The minimum atomic E-state index is -1.81. The van der Waals surface area contributed by atoms with Crippen LogP contribution in [0.25, 0.3) is 0 Å². The van der Waals surface area contributed by atoms with Crippen LogP contribution < -0.4 is 16.0 Å². The normalized spacial score (nSPS) is 12.2. The van der Waals surface area contributed by atoms with Gasteiger partial charge < -0.3 is 16.0 Å². The number of para-hydroxylation sites is 1. The molecule has 0 aliphatic rings. The first kappa shape index (κ1) is 21.5. The summed E-state index contributed by atoms with van der Waals surface area (Å²) < 4.78 is -1.03. The first-order valence-corrected chi connectivity index (χ1v) is 10.1. The van der Waals surface area contributed by atoms with E-state index in [1.54, 1.807) is 12.1 Å². The number of thiocarbonyl (C=S) groups is 1. The van der Waals surface area contributed by atoms with Crippen molar-refractivity contribution in [1.82, 2.24) is 10.6 Å². The Morgan fingerprint density at radius 2 is 1.69 bits per heavy atom. The Balaban J connectivity index is 2.10. The predicted octanol–water partition coefficient (Wildman–Crippen LogP) is 5.01. The fourth-order valence-corrected chi connectivity index (χ4v) is 3.24. The summed E-state index contributed by atoms with van der Waals surface area (Å²) in [5.74, 6) is -0.377. The summed E-state index contributed by atoms with van der Waals surface area (Å²) in [7, 11) is 0. The molecular formula is C17H15Cl3IN3OS. The second-order valence-corrected chi connectivity index (χ2v) is 9.28. The molecule has 0 saturated carbocycles. The first-order chi connectivity index (χ1) is 12.2. The number of hydrogen-bond donors (Lipinski definition) is 3. The van der Waals surface area contributed by atoms with E-state index in [0.717, 1.165) is 14.8 Å². The fraction of sp³-hybridized carbons (Fsp3) is 0.176. The molecule has 0 unspecified atom stereocenters. The van der Waals surface area contributed by atoms with E-state index >= 15 is 0 Å². The molecule has 0 bridgehead atoms. The minimum absolute atomic E-state index is 0.221. The van der Waals surface area contributed by atoms with E-state index < -0.39 is 9.96 Å². The highest BCUT2D eigenvalue weighted by molar-refractivity contribution is 14.1. The summed E-state index contributed by atoms with van der Waals surface area (Å²) in [5.41, 5.74) is 2.30. The first-order valence-electron chi connectivity index (χ1n) is 7.43. The van der Waals surface area contributed by atoms with Crippen molar-refractivity contribution in [2.75, 3.05) is 5.32 Å². The highest BCUT2D eigenvalue weighted by Crippen LogP contribution is 2.29. The van der Waals surface area contributed by atoms with Gasteiger partial charge in [-0.05, 0) is 65.5 Å². The molecule has 4 nitrogen and oxygen atoms in total. The van der Waals surface area contributed by atoms with E-state index in [9.17, 15) is 4.79 Å². The molecule has 0 aliphatic carbocycles. The van der Waals surface area contributed by atoms with Crippen LogP contribution >= 0.6 is 69.6 Å². The summed E-state index contributed by atoms with van der Waals surface area (Å²) in [6.45, 7) is 1.94. The number of rotatable bonds is 4. The van der Waals surface area contributed by atoms with Crippen LogP contribution in [0.4, 0.5) is 5.69 Å². The van der Waals surface area contributed by atoms with Gasteiger partial charge in [0.1, 0.15) is 6.17 Å². The van der Waals surface area contributed by atoms with Crippen LogP contribution in [-0.2, 0) is 0 Å². The lowest BCUT2D eigenvalue weighted by molar-refractivity contribution is 0.0933. The Morgan fingerprint density at radius 3 is 2.31 bits per heavy atom. The smallest absolute Gasteiger partial charge is 0.254 e. The maximum atomic E-state index is 12.5. The third-order valence-corrected chi connectivity index (χ3v) is 5.21. The molecule has 1 atom stereocenters. The summed E-state index contributed by atoms with van der Waals surface area (Å²) in [6.07, 6.45) is -1.03. The molecule has 3 N–H and O–H groups in total. The van der Waals surface area contributed by atoms with Crippen molar-refractivity contribution in [2.24, 2.45) is 0 Å². The van der Waals surface area contributed by atoms with Crippen molar-refractivity contribution < 1.29 is 4.79 Å². The van der Waals surface area contributed by atoms with Gasteiger partial charge in [-0.15, -0.1) is 0 Å². The molecule has 0 radical (unpaired) electrons. The van der Waals surface area contributed by atoms with Crippen molar-refractivity contribution in [3.8, 4) is 0 Å². The molecule has 0 aromatic heterocycles. The Hall–Kier alpha value is -0.800. The van der Waals surface area contributed by atoms with Gasteiger partial charge in [0, 0.05) is 9.26 Å². The van der Waals surface area contributed by atoms with E-state index in [2.05, 4.69) is 38.5 Å². The summed E-state index contributed by atoms with van der Waals surface area (Å²) >= 11 is 25.4. The van der Waals surface area contributed by atoms with Crippen molar-refractivity contribution in [1.29, 1.82) is 0 Å². The number of halogens is 4. The summed E-state index contributed by atoms with van der Waals surface area (Å²) in [4.78, 5) is 12.5. The number of amides is 1. The lowest BCUT2D eigenvalue weighted by Gasteiger charge is -2.28. The van der Waals surface area contributed by atoms with Crippen LogP contribution in [0.2, 0.25) is 0 Å². The molecule has 138 valence electrons. The molecule has 2 rings (SSSR count). The molecule has 2 aromatic carbocycles. The van der Waals surface area contributed by atoms with Gasteiger partial charge in [-0.2, -0.15) is 0 Å². The van der Waals surface area contributed by atoms with Gasteiger partial charge in [-0.1, -0.05) is 65.1 Å². The van der Waals surface area contributed by atoms with Gasteiger partial charge in [-0.25, -0.2) is 0 Å². The third-order valence-electron chi connectivity index (χ3n) is 3.39. The Bertz CT molecular complexity index is 814. The zero-order valence-corrected chi connectivity index (χ0v) is 18.8. The molecular weight excluding hydrogens is 528 g/mol. The van der Waals surface area contributed by atoms with E-state index in [-0.39, 0.29) is 11.0 Å². The van der Waals surface area contributed by atoms with Gasteiger partial charge in [0.25, 0.3) is 5.91 Å². The largest absolute Gasteiger partial charge is 0.339 e. The van der Waals surface area contributed by atoms with Crippen LogP contribution in [0.5, 0.6) is 0 Å². The molecule has 26 heavy (non-hydrogen) atoms. The van der Waals surface area contributed by atoms with Gasteiger partial charge >= 0.3 is 0 Å². The van der Waals surface area contributed by atoms with Crippen molar-refractivity contribution >= 4 is 86.3 Å². The van der Waals surface area contributed by atoms with Crippen molar-refractivity contribution in [3.63, 3.8) is 0 Å². The van der Waals surface area contributed by atoms with Crippen molar-refractivity contribution in [3.05, 3.63) is 63.2 Å². The summed E-state index contributed by atoms with van der Waals surface area (Å²) in [6, 6.07) is 14.7. The van der Waals surface area contributed by atoms with E-state index in [4.69, 9.17) is 47.0 Å². The number of carbonyl (C=O) groups is 1. The third kappa shape index (κ3) is 6.13. The number of anilines is 1. The van der Waals surface area contributed by atoms with Crippen LogP contribution in [0.1, 0.15) is 15.9 Å². The second kappa shape index (κ2) is 9.41. The monoisotopic (exact) mass is 541 g/mol. The average molecular weight is 543 g/mol. The van der Waals surface area contributed by atoms with Gasteiger partial charge in [0.05, 0.1) is 5.56 Å². The second-order valence-electron chi connectivity index (χ2n) is 5.34. The highest BCUT2D eigenvalue weighted by atomic mass is 127. The molecule has 0 heterocycles. The van der Waals surface area contributed by atoms with E-state index in [1.807, 2.05) is 43.3 Å². The van der Waals surface area contributed by atoms with Crippen LogP contribution in [0.15, 0.2) is 48.5 Å². The van der Waals surface area contributed by atoms with Crippen LogP contribution in [0, 0.1) is 10.5 Å². The number of carbonyl (C=O) groups excluding carboxylic acids is 1. The van der Waals surface area contributed by atoms with Crippen LogP contribution in [-0.4, -0.2) is 21.0 Å². The number of hydrogen-bond acceptors (Lipinski definition) is 2. The molecule has 0 saturated heterocycles. The molecule has 0 spiro atoms. The summed E-state index contributed by atoms with van der Waals surface area (Å²) in [5, 5.41) is 8.76. The minimum Gasteiger partial charge on any atom is -0.339 e. The number of nitrogens with one attached hydrogen (secondary N) is 3. The zero-order valence-electron chi connectivity index (χ0n) is 13.5. The number of benzene rings is 2. The van der Waals surface area contributed by atoms with E-state index in [0.29, 0.717) is 5.56 Å². The lowest BCUT2D eigenvalue weighted by Crippen LogP contribution is -2.56. The van der Waals surface area contributed by atoms with Gasteiger partial charge in [0.15, 0.2) is 5.11 Å². The maximum Gasteiger partial charge on any atom is 0.254 e. The van der Waals surface area contributed by atoms with Crippen molar-refractivity contribution in [2.45, 2.75) is 16.9 Å². The quantitative estimate of drug-likeness (QED) is 0.220. The Kier molecular flexibility index (Phi) is 7.78. The Labute approximate surface area is 186 Å². The average Bonchev–Trinajstić information content (AvgIpc) is 2.56. The predicted molar refractivity (Wildman–Crippen MR) is 121 cm³/mol. The topological polar surface area (TPSA) is 53.2 Å². The van der Waals surface area contributed by atoms with Crippen LogP contribution in [0.3, 0.4) is 0 Å². The van der Waals surface area contributed by atoms with Gasteiger partial charge in [0.2, 0.25) is 3.79 Å². The zero-order chi connectivity index (χ0) is 19.3. The molecule has 0 aliphatic heterocycles. The standard InChI is InChI=1S/C17H15Cl3IN3OS/c1-10-6-2-5-9-13(10)22-16(26)24-15(17(18,19)20)23-14(25)11-7-3-4-8-12(11)21/h2-9,15H,1H3,(H,23,25)(H2,22,24,26)/t15-/m1/s1.